The molecular formula is C17H18O3S. The third-order valence-corrected chi connectivity index (χ3v) is 5.25. The monoisotopic (exact) mass is 302 g/mol. The van der Waals surface area contributed by atoms with Crippen molar-refractivity contribution in [1.82, 2.24) is 0 Å². The van der Waals surface area contributed by atoms with E-state index in [9.17, 15) is 13.5 Å². The minimum atomic E-state index is -3.24. The molecule has 1 aliphatic rings. The van der Waals surface area contributed by atoms with Gasteiger partial charge in [-0.3, -0.25) is 0 Å². The van der Waals surface area contributed by atoms with Crippen LogP contribution in [0.15, 0.2) is 53.4 Å². The first-order chi connectivity index (χ1) is 9.95. The number of sulfone groups is 1. The van der Waals surface area contributed by atoms with E-state index >= 15 is 0 Å². The van der Waals surface area contributed by atoms with Crippen LogP contribution in [-0.4, -0.2) is 19.8 Å². The minimum absolute atomic E-state index is 0.257. The van der Waals surface area contributed by atoms with Gasteiger partial charge in [-0.2, -0.15) is 0 Å². The van der Waals surface area contributed by atoms with Crippen molar-refractivity contribution in [3.05, 3.63) is 65.2 Å². The van der Waals surface area contributed by atoms with Crippen LogP contribution in [0.3, 0.4) is 0 Å². The normalized spacial score (nSPS) is 18.7. The smallest absolute Gasteiger partial charge is 0.175 e. The largest absolute Gasteiger partial charge is 0.388 e. The van der Waals surface area contributed by atoms with Crippen molar-refractivity contribution in [2.75, 3.05) is 6.26 Å². The van der Waals surface area contributed by atoms with Crippen LogP contribution in [0.4, 0.5) is 0 Å². The Morgan fingerprint density at radius 3 is 2.67 bits per heavy atom. The molecule has 3 rings (SSSR count). The van der Waals surface area contributed by atoms with E-state index in [0.717, 1.165) is 6.42 Å². The van der Waals surface area contributed by atoms with Gasteiger partial charge in [-0.15, -0.1) is 0 Å². The first-order valence-electron chi connectivity index (χ1n) is 7.01. The molecule has 2 aromatic rings. The van der Waals surface area contributed by atoms with Gasteiger partial charge in [0.15, 0.2) is 9.84 Å². The Morgan fingerprint density at radius 1 is 1.19 bits per heavy atom. The van der Waals surface area contributed by atoms with Crippen molar-refractivity contribution in [3.63, 3.8) is 0 Å². The molecule has 110 valence electrons. The maximum atomic E-state index is 11.6. The van der Waals surface area contributed by atoms with Crippen molar-refractivity contribution < 1.29 is 13.5 Å². The molecule has 2 atom stereocenters. The third-order valence-electron chi connectivity index (χ3n) is 4.14. The summed E-state index contributed by atoms with van der Waals surface area (Å²) in [7, 11) is -3.24. The lowest BCUT2D eigenvalue weighted by molar-refractivity contribution is 0.153. The highest BCUT2D eigenvalue weighted by atomic mass is 32.2. The number of hydrogen-bond donors (Lipinski definition) is 1. The van der Waals surface area contributed by atoms with Crippen molar-refractivity contribution in [1.29, 1.82) is 0 Å². The maximum Gasteiger partial charge on any atom is 0.175 e. The van der Waals surface area contributed by atoms with E-state index in [1.807, 2.05) is 12.1 Å². The van der Waals surface area contributed by atoms with Crippen LogP contribution in [0, 0.1) is 0 Å². The van der Waals surface area contributed by atoms with E-state index in [2.05, 4.69) is 12.1 Å². The lowest BCUT2D eigenvalue weighted by Crippen LogP contribution is -2.19. The van der Waals surface area contributed by atoms with E-state index in [-0.39, 0.29) is 4.90 Å². The lowest BCUT2D eigenvalue weighted by atomic mass is 9.74. The van der Waals surface area contributed by atoms with Crippen LogP contribution in [0.25, 0.3) is 0 Å². The fourth-order valence-corrected chi connectivity index (χ4v) is 3.61. The van der Waals surface area contributed by atoms with Crippen molar-refractivity contribution in [2.24, 2.45) is 0 Å². The SMILES string of the molecule is CS(=O)(=O)c1cccc(C(O)CC2Cc3ccccc32)c1. The Morgan fingerprint density at radius 2 is 1.95 bits per heavy atom. The van der Waals surface area contributed by atoms with Crippen LogP contribution < -0.4 is 0 Å². The van der Waals surface area contributed by atoms with E-state index in [0.29, 0.717) is 17.9 Å². The van der Waals surface area contributed by atoms with Crippen molar-refractivity contribution >= 4 is 9.84 Å². The van der Waals surface area contributed by atoms with Gasteiger partial charge < -0.3 is 5.11 Å². The number of aliphatic hydroxyl groups excluding tert-OH is 1. The van der Waals surface area contributed by atoms with Crippen LogP contribution in [0.1, 0.15) is 35.1 Å². The van der Waals surface area contributed by atoms with E-state index in [1.165, 1.54) is 17.4 Å². The summed E-state index contributed by atoms with van der Waals surface area (Å²) in [6.07, 6.45) is 2.16. The van der Waals surface area contributed by atoms with Crippen molar-refractivity contribution in [3.8, 4) is 0 Å². The molecule has 0 aromatic heterocycles. The molecule has 0 fully saturated rings. The van der Waals surface area contributed by atoms with Gasteiger partial charge in [0.25, 0.3) is 0 Å². The van der Waals surface area contributed by atoms with Gasteiger partial charge in [-0.25, -0.2) is 8.42 Å². The van der Waals surface area contributed by atoms with Gasteiger partial charge in [0.2, 0.25) is 0 Å². The zero-order chi connectivity index (χ0) is 15.0. The van der Waals surface area contributed by atoms with Crippen LogP contribution in [-0.2, 0) is 16.3 Å². The highest BCUT2D eigenvalue weighted by Gasteiger charge is 2.28. The Balaban J connectivity index is 1.77. The second-order valence-electron chi connectivity index (χ2n) is 5.70. The van der Waals surface area contributed by atoms with Gasteiger partial charge in [0.05, 0.1) is 11.0 Å². The summed E-state index contributed by atoms with van der Waals surface area (Å²) in [5.74, 6) is 0.359. The molecule has 0 saturated carbocycles. The third kappa shape index (κ3) is 2.87. The summed E-state index contributed by atoms with van der Waals surface area (Å²) in [5, 5.41) is 10.4. The fraction of sp³-hybridized carbons (Fsp3) is 0.294. The second-order valence-corrected chi connectivity index (χ2v) is 7.71. The number of aliphatic hydroxyl groups is 1. The van der Waals surface area contributed by atoms with E-state index in [4.69, 9.17) is 0 Å². The summed E-state index contributed by atoms with van der Waals surface area (Å²) in [4.78, 5) is 0.257. The summed E-state index contributed by atoms with van der Waals surface area (Å²) < 4.78 is 23.2. The summed E-state index contributed by atoms with van der Waals surface area (Å²) in [5.41, 5.74) is 3.32. The summed E-state index contributed by atoms with van der Waals surface area (Å²) in [6, 6.07) is 14.9. The predicted octanol–water partition coefficient (Wildman–Crippen LogP) is 2.85. The summed E-state index contributed by atoms with van der Waals surface area (Å²) >= 11 is 0. The number of fused-ring (bicyclic) bond motifs is 1. The van der Waals surface area contributed by atoms with Gasteiger partial charge in [-0.1, -0.05) is 36.4 Å². The molecule has 0 spiro atoms. The zero-order valence-electron chi connectivity index (χ0n) is 11.9. The van der Waals surface area contributed by atoms with E-state index in [1.54, 1.807) is 24.3 Å². The zero-order valence-corrected chi connectivity index (χ0v) is 12.7. The topological polar surface area (TPSA) is 54.4 Å². The molecule has 1 aliphatic carbocycles. The molecule has 4 heteroatoms. The Hall–Kier alpha value is -1.65. The van der Waals surface area contributed by atoms with Gasteiger partial charge in [0.1, 0.15) is 0 Å². The Labute approximate surface area is 125 Å². The summed E-state index contributed by atoms with van der Waals surface area (Å²) in [6.45, 7) is 0. The quantitative estimate of drug-likeness (QED) is 0.945. The highest BCUT2D eigenvalue weighted by Crippen LogP contribution is 2.40. The molecule has 0 bridgehead atoms. The average molecular weight is 302 g/mol. The first-order valence-corrected chi connectivity index (χ1v) is 8.90. The molecule has 2 aromatic carbocycles. The standard InChI is InChI=1S/C17H18O3S/c1-21(19,20)15-7-4-6-13(10-15)17(18)11-14-9-12-5-2-3-8-16(12)14/h2-8,10,14,17-18H,9,11H2,1H3. The first kappa shape index (κ1) is 14.3. The molecule has 1 N–H and O–H groups in total. The van der Waals surface area contributed by atoms with Gasteiger partial charge >= 0.3 is 0 Å². The molecular weight excluding hydrogens is 284 g/mol. The molecule has 0 heterocycles. The highest BCUT2D eigenvalue weighted by molar-refractivity contribution is 7.90. The average Bonchev–Trinajstić information content (AvgIpc) is 2.44. The Kier molecular flexibility index (Phi) is 3.59. The maximum absolute atomic E-state index is 11.6. The van der Waals surface area contributed by atoms with Crippen molar-refractivity contribution in [2.45, 2.75) is 29.8 Å². The molecule has 0 saturated heterocycles. The van der Waals surface area contributed by atoms with Gasteiger partial charge in [-0.05, 0) is 47.6 Å². The fourth-order valence-electron chi connectivity index (χ4n) is 2.93. The Bertz CT molecular complexity index is 765. The van der Waals surface area contributed by atoms with Crippen LogP contribution in [0.5, 0.6) is 0 Å². The second kappa shape index (κ2) is 5.28. The number of rotatable bonds is 4. The molecule has 0 amide bonds. The molecule has 3 nitrogen and oxygen atoms in total. The molecule has 2 unspecified atom stereocenters. The molecule has 0 radical (unpaired) electrons. The predicted molar refractivity (Wildman–Crippen MR) is 82.0 cm³/mol. The lowest BCUT2D eigenvalue weighted by Gasteiger charge is -2.31. The molecule has 21 heavy (non-hydrogen) atoms. The number of benzene rings is 2. The van der Waals surface area contributed by atoms with Gasteiger partial charge in [0, 0.05) is 6.26 Å². The molecule has 0 aliphatic heterocycles. The van der Waals surface area contributed by atoms with E-state index < -0.39 is 15.9 Å². The minimum Gasteiger partial charge on any atom is -0.388 e. The number of hydrogen-bond acceptors (Lipinski definition) is 3. The van der Waals surface area contributed by atoms with Crippen LogP contribution >= 0.6 is 0 Å². The van der Waals surface area contributed by atoms with Crippen LogP contribution in [0.2, 0.25) is 0 Å².